The molecule has 0 aliphatic rings. The quantitative estimate of drug-likeness (QED) is 0.494. The zero-order chi connectivity index (χ0) is 14.2. The summed E-state index contributed by atoms with van der Waals surface area (Å²) in [5, 5.41) is 11.8. The standard InChI is InChI=1S/C19H12N2/c20-12-15-13-21-10-4-7-16(21)11-19(15)18-9-3-6-14-5-1-2-8-17(14)18/h1-11,13H. The first kappa shape index (κ1) is 11.7. The van der Waals surface area contributed by atoms with Crippen LogP contribution in [0.2, 0.25) is 0 Å². The topological polar surface area (TPSA) is 28.2 Å². The maximum absolute atomic E-state index is 9.49. The molecule has 2 aromatic heterocycles. The molecule has 2 heterocycles. The molecular weight excluding hydrogens is 256 g/mol. The van der Waals surface area contributed by atoms with Gasteiger partial charge in [-0.1, -0.05) is 42.5 Å². The molecule has 0 saturated heterocycles. The summed E-state index contributed by atoms with van der Waals surface area (Å²) >= 11 is 0. The molecule has 0 spiro atoms. The first-order chi connectivity index (χ1) is 10.4. The second-order valence-corrected chi connectivity index (χ2v) is 5.08. The zero-order valence-corrected chi connectivity index (χ0v) is 11.3. The van der Waals surface area contributed by atoms with Crippen molar-refractivity contribution in [3.05, 3.63) is 78.6 Å². The van der Waals surface area contributed by atoms with Crippen LogP contribution in [0.4, 0.5) is 0 Å². The van der Waals surface area contributed by atoms with Gasteiger partial charge in [0.1, 0.15) is 6.07 Å². The van der Waals surface area contributed by atoms with Gasteiger partial charge in [0.25, 0.3) is 0 Å². The summed E-state index contributed by atoms with van der Waals surface area (Å²) in [5.74, 6) is 0. The molecule has 2 heteroatoms. The van der Waals surface area contributed by atoms with Gasteiger partial charge in [-0.15, -0.1) is 0 Å². The lowest BCUT2D eigenvalue weighted by Gasteiger charge is -2.09. The summed E-state index contributed by atoms with van der Waals surface area (Å²) in [7, 11) is 0. The molecule has 4 rings (SSSR count). The molecule has 0 atom stereocenters. The van der Waals surface area contributed by atoms with Gasteiger partial charge < -0.3 is 4.40 Å². The Bertz CT molecular complexity index is 998. The van der Waals surface area contributed by atoms with E-state index in [0.717, 1.165) is 16.6 Å². The lowest BCUT2D eigenvalue weighted by molar-refractivity contribution is 1.19. The van der Waals surface area contributed by atoms with Crippen molar-refractivity contribution in [3.8, 4) is 17.2 Å². The van der Waals surface area contributed by atoms with Crippen LogP contribution in [0.5, 0.6) is 0 Å². The van der Waals surface area contributed by atoms with Crippen LogP contribution in [0.25, 0.3) is 27.4 Å². The molecule has 4 aromatic rings. The highest BCUT2D eigenvalue weighted by atomic mass is 14.8. The van der Waals surface area contributed by atoms with E-state index < -0.39 is 0 Å². The molecule has 0 amide bonds. The van der Waals surface area contributed by atoms with E-state index in [1.165, 1.54) is 10.8 Å². The Balaban J connectivity index is 2.10. The number of rotatable bonds is 1. The van der Waals surface area contributed by atoms with Crippen molar-refractivity contribution in [2.75, 3.05) is 0 Å². The lowest BCUT2D eigenvalue weighted by Crippen LogP contribution is -1.91. The first-order valence-electron chi connectivity index (χ1n) is 6.86. The van der Waals surface area contributed by atoms with Gasteiger partial charge in [0.2, 0.25) is 0 Å². The number of hydrogen-bond acceptors (Lipinski definition) is 1. The molecule has 98 valence electrons. The third kappa shape index (κ3) is 1.79. The van der Waals surface area contributed by atoms with Gasteiger partial charge in [-0.05, 0) is 34.5 Å². The van der Waals surface area contributed by atoms with Crippen LogP contribution in [-0.4, -0.2) is 4.40 Å². The summed E-state index contributed by atoms with van der Waals surface area (Å²) < 4.78 is 1.98. The summed E-state index contributed by atoms with van der Waals surface area (Å²) in [4.78, 5) is 0. The number of fused-ring (bicyclic) bond motifs is 2. The largest absolute Gasteiger partial charge is 0.323 e. The van der Waals surface area contributed by atoms with Crippen LogP contribution in [-0.2, 0) is 0 Å². The van der Waals surface area contributed by atoms with E-state index in [1.807, 2.05) is 41.1 Å². The molecule has 0 aliphatic heterocycles. The third-order valence-electron chi connectivity index (χ3n) is 3.86. The van der Waals surface area contributed by atoms with Crippen molar-refractivity contribution in [3.63, 3.8) is 0 Å². The lowest BCUT2D eigenvalue weighted by atomic mass is 9.96. The van der Waals surface area contributed by atoms with E-state index in [0.29, 0.717) is 5.56 Å². The van der Waals surface area contributed by atoms with E-state index >= 15 is 0 Å². The van der Waals surface area contributed by atoms with Crippen LogP contribution in [0.3, 0.4) is 0 Å². The van der Waals surface area contributed by atoms with Gasteiger partial charge in [-0.3, -0.25) is 0 Å². The van der Waals surface area contributed by atoms with Gasteiger partial charge in [0.15, 0.2) is 0 Å². The van der Waals surface area contributed by atoms with E-state index in [2.05, 4.69) is 42.5 Å². The Morgan fingerprint density at radius 1 is 0.857 bits per heavy atom. The highest BCUT2D eigenvalue weighted by Gasteiger charge is 2.10. The summed E-state index contributed by atoms with van der Waals surface area (Å²) in [5.41, 5.74) is 3.88. The summed E-state index contributed by atoms with van der Waals surface area (Å²) in [6, 6.07) is 22.9. The Morgan fingerprint density at radius 2 is 1.71 bits per heavy atom. The van der Waals surface area contributed by atoms with E-state index in [9.17, 15) is 5.26 Å². The minimum Gasteiger partial charge on any atom is -0.323 e. The third-order valence-corrected chi connectivity index (χ3v) is 3.86. The molecular formula is C19H12N2. The van der Waals surface area contributed by atoms with Crippen LogP contribution in [0, 0.1) is 11.3 Å². The summed E-state index contributed by atoms with van der Waals surface area (Å²) in [6.45, 7) is 0. The van der Waals surface area contributed by atoms with Crippen LogP contribution < -0.4 is 0 Å². The fourth-order valence-corrected chi connectivity index (χ4v) is 2.85. The average molecular weight is 268 g/mol. The molecule has 0 aliphatic carbocycles. The normalized spacial score (nSPS) is 10.8. The van der Waals surface area contributed by atoms with Crippen molar-refractivity contribution in [1.82, 2.24) is 4.40 Å². The van der Waals surface area contributed by atoms with Crippen LogP contribution in [0.1, 0.15) is 5.56 Å². The highest BCUT2D eigenvalue weighted by Crippen LogP contribution is 2.31. The number of aromatic nitrogens is 1. The number of hydrogen-bond donors (Lipinski definition) is 0. The van der Waals surface area contributed by atoms with Gasteiger partial charge >= 0.3 is 0 Å². The molecule has 0 saturated carbocycles. The monoisotopic (exact) mass is 268 g/mol. The SMILES string of the molecule is N#Cc1cn2cccc2cc1-c1cccc2ccccc12. The Labute approximate surface area is 122 Å². The average Bonchev–Trinajstić information content (AvgIpc) is 3.00. The van der Waals surface area contributed by atoms with Crippen LogP contribution >= 0.6 is 0 Å². The smallest absolute Gasteiger partial charge is 0.101 e. The molecule has 2 nitrogen and oxygen atoms in total. The van der Waals surface area contributed by atoms with E-state index in [-0.39, 0.29) is 0 Å². The van der Waals surface area contributed by atoms with E-state index in [1.54, 1.807) is 0 Å². The summed E-state index contributed by atoms with van der Waals surface area (Å²) in [6.07, 6.45) is 3.86. The minimum atomic E-state index is 0.690. The number of benzene rings is 2. The Kier molecular flexibility index (Phi) is 2.52. The zero-order valence-electron chi connectivity index (χ0n) is 11.3. The minimum absolute atomic E-state index is 0.690. The fourth-order valence-electron chi connectivity index (χ4n) is 2.85. The second kappa shape index (κ2) is 4.50. The Hall–Kier alpha value is -3.05. The van der Waals surface area contributed by atoms with Crippen molar-refractivity contribution in [2.45, 2.75) is 0 Å². The van der Waals surface area contributed by atoms with Crippen molar-refractivity contribution < 1.29 is 0 Å². The second-order valence-electron chi connectivity index (χ2n) is 5.08. The van der Waals surface area contributed by atoms with Crippen molar-refractivity contribution in [2.24, 2.45) is 0 Å². The van der Waals surface area contributed by atoms with Gasteiger partial charge in [-0.2, -0.15) is 5.26 Å². The maximum Gasteiger partial charge on any atom is 0.101 e. The first-order valence-corrected chi connectivity index (χ1v) is 6.86. The van der Waals surface area contributed by atoms with Gasteiger partial charge in [-0.25, -0.2) is 0 Å². The number of nitrogens with zero attached hydrogens (tertiary/aromatic N) is 2. The Morgan fingerprint density at radius 3 is 2.62 bits per heavy atom. The van der Waals surface area contributed by atoms with Gasteiger partial charge in [0, 0.05) is 23.5 Å². The molecule has 0 N–H and O–H groups in total. The molecule has 0 bridgehead atoms. The predicted octanol–water partition coefficient (Wildman–Crippen LogP) is 4.63. The van der Waals surface area contributed by atoms with Gasteiger partial charge in [0.05, 0.1) is 5.56 Å². The maximum atomic E-state index is 9.49. The number of pyridine rings is 1. The van der Waals surface area contributed by atoms with Crippen LogP contribution in [0.15, 0.2) is 73.1 Å². The molecule has 21 heavy (non-hydrogen) atoms. The predicted molar refractivity (Wildman–Crippen MR) is 85.1 cm³/mol. The fraction of sp³-hybridized carbons (Fsp3) is 0. The van der Waals surface area contributed by atoms with Crippen molar-refractivity contribution in [1.29, 1.82) is 5.26 Å². The molecule has 0 radical (unpaired) electrons. The number of nitriles is 1. The molecule has 2 aromatic carbocycles. The van der Waals surface area contributed by atoms with Crippen molar-refractivity contribution >= 4 is 16.3 Å². The molecule has 0 unspecified atom stereocenters. The highest BCUT2D eigenvalue weighted by molar-refractivity contribution is 5.98. The van der Waals surface area contributed by atoms with E-state index in [4.69, 9.17) is 0 Å². The molecule has 0 fully saturated rings.